The minimum Gasteiger partial charge on any atom is -0.497 e. The molecule has 0 bridgehead atoms. The van der Waals surface area contributed by atoms with E-state index >= 15 is 0 Å². The predicted molar refractivity (Wildman–Crippen MR) is 143 cm³/mol. The summed E-state index contributed by atoms with van der Waals surface area (Å²) in [5, 5.41) is 6.46. The Morgan fingerprint density at radius 2 is 1.68 bits per heavy atom. The van der Waals surface area contributed by atoms with E-state index in [1.165, 1.54) is 26.4 Å². The van der Waals surface area contributed by atoms with E-state index in [1.54, 1.807) is 48.5 Å². The lowest BCUT2D eigenvalue weighted by Gasteiger charge is -2.15. The van der Waals surface area contributed by atoms with Crippen LogP contribution in [0.4, 0.5) is 23.0 Å². The lowest BCUT2D eigenvalue weighted by atomic mass is 10.3. The van der Waals surface area contributed by atoms with Crippen molar-refractivity contribution in [2.45, 2.75) is 11.3 Å². The highest BCUT2D eigenvalue weighted by Crippen LogP contribution is 2.33. The number of carbonyl (C=O) groups excluding carboxylic acids is 1. The van der Waals surface area contributed by atoms with E-state index in [0.29, 0.717) is 33.2 Å². The number of esters is 1. The molecule has 0 saturated carbocycles. The van der Waals surface area contributed by atoms with Crippen LogP contribution in [0.15, 0.2) is 71.6 Å². The summed E-state index contributed by atoms with van der Waals surface area (Å²) in [5.41, 5.74) is 2.05. The van der Waals surface area contributed by atoms with E-state index in [0.717, 1.165) is 0 Å². The molecular formula is C25H24ClN5O5S. The number of nitrogens with one attached hydrogen (secondary N) is 3. The fourth-order valence-corrected chi connectivity index (χ4v) is 4.60. The number of sulfonamides is 1. The third kappa shape index (κ3) is 6.38. The van der Waals surface area contributed by atoms with Crippen LogP contribution >= 0.6 is 11.6 Å². The summed E-state index contributed by atoms with van der Waals surface area (Å²) in [4.78, 5) is 20.4. The number of hydrogen-bond donors (Lipinski definition) is 3. The second-order valence-corrected chi connectivity index (χ2v) is 9.86. The van der Waals surface area contributed by atoms with Crippen molar-refractivity contribution in [2.75, 3.05) is 36.1 Å². The highest BCUT2D eigenvalue weighted by molar-refractivity contribution is 7.92. The highest BCUT2D eigenvalue weighted by Gasteiger charge is 2.20. The number of anilines is 4. The first-order valence-electron chi connectivity index (χ1n) is 11.1. The van der Waals surface area contributed by atoms with E-state index in [9.17, 15) is 13.2 Å². The molecule has 12 heteroatoms. The summed E-state index contributed by atoms with van der Waals surface area (Å²) in [7, 11) is -1.23. The largest absolute Gasteiger partial charge is 0.497 e. The zero-order valence-corrected chi connectivity index (χ0v) is 21.6. The SMILES string of the molecule is COC(=O)CCNc1cccc(S(=O)(=O)Nc2nc3ccccc3nc2Nc2cc(OC)ccc2Cl)c1. The number of carbonyl (C=O) groups is 1. The number of rotatable bonds is 10. The van der Waals surface area contributed by atoms with Gasteiger partial charge in [-0.05, 0) is 42.5 Å². The van der Waals surface area contributed by atoms with Gasteiger partial charge in [0, 0.05) is 18.3 Å². The number of para-hydroxylation sites is 2. The van der Waals surface area contributed by atoms with Crippen molar-refractivity contribution in [1.82, 2.24) is 9.97 Å². The van der Waals surface area contributed by atoms with E-state index in [-0.39, 0.29) is 35.5 Å². The minimum absolute atomic E-state index is 0.00381. The van der Waals surface area contributed by atoms with Crippen LogP contribution in [0.25, 0.3) is 11.0 Å². The molecule has 0 fully saturated rings. The third-order valence-corrected chi connectivity index (χ3v) is 6.92. The smallest absolute Gasteiger partial charge is 0.307 e. The van der Waals surface area contributed by atoms with Crippen LogP contribution in [-0.4, -0.2) is 45.1 Å². The lowest BCUT2D eigenvalue weighted by Crippen LogP contribution is -2.16. The molecule has 0 aliphatic rings. The standard InChI is InChI=1S/C25H24ClN5O5S/c1-35-17-10-11-19(26)22(15-17)30-24-25(29-21-9-4-3-8-20(21)28-24)31-37(33,34)18-7-5-6-16(14-18)27-13-12-23(32)36-2/h3-11,14-15,27H,12-13H2,1-2H3,(H,28,30)(H,29,31). The van der Waals surface area contributed by atoms with Crippen molar-refractivity contribution >= 4 is 61.6 Å². The quantitative estimate of drug-likeness (QED) is 0.242. The first kappa shape index (κ1) is 26.0. The molecule has 1 heterocycles. The Labute approximate surface area is 219 Å². The van der Waals surface area contributed by atoms with Crippen molar-refractivity contribution in [3.8, 4) is 5.75 Å². The number of hydrogen-bond acceptors (Lipinski definition) is 9. The van der Waals surface area contributed by atoms with Crippen LogP contribution in [0.1, 0.15) is 6.42 Å². The Bertz CT molecular complexity index is 1550. The third-order valence-electron chi connectivity index (χ3n) is 5.26. The molecule has 1 aromatic heterocycles. The molecule has 0 aliphatic heterocycles. The number of aromatic nitrogens is 2. The summed E-state index contributed by atoms with van der Waals surface area (Å²) in [6.45, 7) is 0.287. The molecule has 0 saturated heterocycles. The molecule has 0 amide bonds. The van der Waals surface area contributed by atoms with E-state index in [4.69, 9.17) is 16.3 Å². The maximum Gasteiger partial charge on any atom is 0.307 e. The summed E-state index contributed by atoms with van der Waals surface area (Å²) in [6, 6.07) is 18.3. The second kappa shape index (κ2) is 11.3. The lowest BCUT2D eigenvalue weighted by molar-refractivity contribution is -0.140. The summed E-state index contributed by atoms with van der Waals surface area (Å²) >= 11 is 6.35. The average Bonchev–Trinajstić information content (AvgIpc) is 2.90. The van der Waals surface area contributed by atoms with Gasteiger partial charge < -0.3 is 20.1 Å². The van der Waals surface area contributed by atoms with Crippen LogP contribution in [0, 0.1) is 0 Å². The highest BCUT2D eigenvalue weighted by atomic mass is 35.5. The average molecular weight is 542 g/mol. The van der Waals surface area contributed by atoms with Gasteiger partial charge in [-0.25, -0.2) is 18.4 Å². The maximum absolute atomic E-state index is 13.3. The molecule has 0 atom stereocenters. The Hall–Kier alpha value is -4.09. The Morgan fingerprint density at radius 1 is 0.946 bits per heavy atom. The van der Waals surface area contributed by atoms with Gasteiger partial charge in [0.1, 0.15) is 5.75 Å². The van der Waals surface area contributed by atoms with Gasteiger partial charge in [-0.1, -0.05) is 29.8 Å². The molecule has 4 rings (SSSR count). The number of nitrogens with zero attached hydrogens (tertiary/aromatic N) is 2. The summed E-state index contributed by atoms with van der Waals surface area (Å²) < 4.78 is 39.1. The van der Waals surface area contributed by atoms with Gasteiger partial charge in [-0.15, -0.1) is 0 Å². The van der Waals surface area contributed by atoms with Gasteiger partial charge in [-0.2, -0.15) is 0 Å². The molecule has 10 nitrogen and oxygen atoms in total. The number of ether oxygens (including phenoxy) is 2. The van der Waals surface area contributed by atoms with Gasteiger partial charge in [0.15, 0.2) is 11.6 Å². The Balaban J connectivity index is 1.66. The normalized spacial score (nSPS) is 11.1. The van der Waals surface area contributed by atoms with Gasteiger partial charge in [0.05, 0.1) is 47.3 Å². The van der Waals surface area contributed by atoms with E-state index < -0.39 is 10.0 Å². The van der Waals surface area contributed by atoms with Crippen molar-refractivity contribution in [1.29, 1.82) is 0 Å². The summed E-state index contributed by atoms with van der Waals surface area (Å²) in [6.07, 6.45) is 0.139. The van der Waals surface area contributed by atoms with Crippen LogP contribution in [0.2, 0.25) is 5.02 Å². The first-order valence-corrected chi connectivity index (χ1v) is 13.0. The van der Waals surface area contributed by atoms with Gasteiger partial charge in [0.2, 0.25) is 0 Å². The van der Waals surface area contributed by atoms with Crippen LogP contribution < -0.4 is 20.1 Å². The van der Waals surface area contributed by atoms with Crippen LogP contribution in [-0.2, 0) is 19.6 Å². The van der Waals surface area contributed by atoms with Crippen molar-refractivity contribution in [3.05, 3.63) is 71.8 Å². The predicted octanol–water partition coefficient (Wildman–Crippen LogP) is 4.81. The molecule has 4 aromatic rings. The van der Waals surface area contributed by atoms with Crippen LogP contribution in [0.5, 0.6) is 5.75 Å². The molecule has 0 radical (unpaired) electrons. The first-order chi connectivity index (χ1) is 17.8. The number of fused-ring (bicyclic) bond motifs is 1. The monoisotopic (exact) mass is 541 g/mol. The van der Waals surface area contributed by atoms with Gasteiger partial charge >= 0.3 is 5.97 Å². The second-order valence-electron chi connectivity index (χ2n) is 7.77. The molecule has 37 heavy (non-hydrogen) atoms. The fourth-order valence-electron chi connectivity index (χ4n) is 3.38. The molecular weight excluding hydrogens is 518 g/mol. The molecule has 0 spiro atoms. The minimum atomic E-state index is -4.07. The van der Waals surface area contributed by atoms with Gasteiger partial charge in [0.25, 0.3) is 10.0 Å². The number of benzene rings is 3. The zero-order chi connectivity index (χ0) is 26.4. The molecule has 3 N–H and O–H groups in total. The molecule has 192 valence electrons. The fraction of sp³-hybridized carbons (Fsp3) is 0.160. The van der Waals surface area contributed by atoms with E-state index in [1.807, 2.05) is 6.07 Å². The van der Waals surface area contributed by atoms with Crippen molar-refractivity contribution in [2.24, 2.45) is 0 Å². The van der Waals surface area contributed by atoms with E-state index in [2.05, 4.69) is 30.1 Å². The number of halogens is 1. The van der Waals surface area contributed by atoms with Crippen molar-refractivity contribution in [3.63, 3.8) is 0 Å². The topological polar surface area (TPSA) is 132 Å². The van der Waals surface area contributed by atoms with Crippen molar-refractivity contribution < 1.29 is 22.7 Å². The number of methoxy groups -OCH3 is 2. The zero-order valence-electron chi connectivity index (χ0n) is 20.0. The van der Waals surface area contributed by atoms with Gasteiger partial charge in [-0.3, -0.25) is 9.52 Å². The summed E-state index contributed by atoms with van der Waals surface area (Å²) in [5.74, 6) is 0.328. The maximum atomic E-state index is 13.3. The van der Waals surface area contributed by atoms with Crippen LogP contribution in [0.3, 0.4) is 0 Å². The Morgan fingerprint density at radius 3 is 2.38 bits per heavy atom. The Kier molecular flexibility index (Phi) is 7.95. The molecule has 0 unspecified atom stereocenters. The molecule has 0 aliphatic carbocycles. The molecule has 3 aromatic carbocycles.